The third kappa shape index (κ3) is 3.23. The minimum atomic E-state index is -3.33. The molecular formula is C12H19ClN2O2S. The van der Waals surface area contributed by atoms with E-state index in [4.69, 9.17) is 5.73 Å². The zero-order valence-electron chi connectivity index (χ0n) is 10.4. The van der Waals surface area contributed by atoms with Crippen molar-refractivity contribution < 1.29 is 8.42 Å². The van der Waals surface area contributed by atoms with Gasteiger partial charge in [-0.05, 0) is 37.5 Å². The number of benzene rings is 1. The minimum Gasteiger partial charge on any atom is -0.328 e. The van der Waals surface area contributed by atoms with Crippen molar-refractivity contribution in [1.82, 2.24) is 4.31 Å². The maximum Gasteiger partial charge on any atom is 0.243 e. The third-order valence-corrected chi connectivity index (χ3v) is 5.02. The number of halogens is 1. The molecule has 0 saturated carbocycles. The Morgan fingerprint density at radius 1 is 1.28 bits per heavy atom. The van der Waals surface area contributed by atoms with Crippen molar-refractivity contribution in [3.05, 3.63) is 29.8 Å². The predicted octanol–water partition coefficient (Wildman–Crippen LogP) is 1.53. The Kier molecular flexibility index (Phi) is 5.16. The molecule has 102 valence electrons. The maximum absolute atomic E-state index is 12.3. The van der Waals surface area contributed by atoms with Crippen molar-refractivity contribution in [3.8, 4) is 0 Å². The molecule has 0 spiro atoms. The van der Waals surface area contributed by atoms with Gasteiger partial charge in [-0.15, -0.1) is 12.4 Å². The molecule has 2 rings (SSSR count). The number of hydrogen-bond donors (Lipinski definition) is 1. The molecule has 1 saturated heterocycles. The molecule has 1 heterocycles. The van der Waals surface area contributed by atoms with Crippen molar-refractivity contribution in [1.29, 1.82) is 0 Å². The number of sulfonamides is 1. The van der Waals surface area contributed by atoms with E-state index >= 15 is 0 Å². The van der Waals surface area contributed by atoms with Crippen LogP contribution in [0.4, 0.5) is 0 Å². The molecule has 1 aromatic rings. The summed E-state index contributed by atoms with van der Waals surface area (Å²) in [7, 11) is -3.33. The average molecular weight is 291 g/mol. The summed E-state index contributed by atoms with van der Waals surface area (Å²) in [6.45, 7) is 2.94. The lowest BCUT2D eigenvalue weighted by molar-refractivity contribution is 0.320. The van der Waals surface area contributed by atoms with Gasteiger partial charge in [0.1, 0.15) is 0 Å². The molecule has 0 amide bonds. The van der Waals surface area contributed by atoms with Gasteiger partial charge in [-0.2, -0.15) is 4.31 Å². The molecule has 0 bridgehead atoms. The largest absolute Gasteiger partial charge is 0.328 e. The Labute approximate surface area is 115 Å². The molecule has 0 aliphatic carbocycles. The Balaban J connectivity index is 0.00000162. The fourth-order valence-electron chi connectivity index (χ4n) is 2.04. The van der Waals surface area contributed by atoms with E-state index < -0.39 is 10.0 Å². The first kappa shape index (κ1) is 15.4. The number of piperidine rings is 1. The lowest BCUT2D eigenvalue weighted by Gasteiger charge is -2.29. The van der Waals surface area contributed by atoms with Crippen LogP contribution in [0, 0.1) is 6.92 Å². The zero-order chi connectivity index (χ0) is 12.5. The zero-order valence-corrected chi connectivity index (χ0v) is 12.0. The summed E-state index contributed by atoms with van der Waals surface area (Å²) in [5.74, 6) is 0. The number of hydrogen-bond acceptors (Lipinski definition) is 3. The molecule has 6 heteroatoms. The third-order valence-electron chi connectivity index (χ3n) is 3.13. The van der Waals surface area contributed by atoms with E-state index in [1.807, 2.05) is 13.0 Å². The summed E-state index contributed by atoms with van der Waals surface area (Å²) in [4.78, 5) is 0.382. The fourth-order valence-corrected chi connectivity index (χ4v) is 3.62. The summed E-state index contributed by atoms with van der Waals surface area (Å²) in [5.41, 5.74) is 6.74. The molecule has 0 aromatic heterocycles. The molecule has 1 aliphatic heterocycles. The summed E-state index contributed by atoms with van der Waals surface area (Å²) < 4.78 is 26.2. The van der Waals surface area contributed by atoms with E-state index in [0.29, 0.717) is 18.0 Å². The lowest BCUT2D eigenvalue weighted by atomic mass is 10.1. The Morgan fingerprint density at radius 2 is 1.89 bits per heavy atom. The van der Waals surface area contributed by atoms with E-state index in [1.165, 1.54) is 4.31 Å². The number of rotatable bonds is 2. The van der Waals surface area contributed by atoms with Crippen LogP contribution < -0.4 is 5.73 Å². The van der Waals surface area contributed by atoms with E-state index in [2.05, 4.69) is 0 Å². The van der Waals surface area contributed by atoms with Crippen LogP contribution >= 0.6 is 12.4 Å². The average Bonchev–Trinajstić information content (AvgIpc) is 2.29. The normalized spacial score (nSPS) is 18.3. The van der Waals surface area contributed by atoms with Crippen LogP contribution in [0.2, 0.25) is 0 Å². The van der Waals surface area contributed by atoms with Crippen LogP contribution in [0.25, 0.3) is 0 Å². The van der Waals surface area contributed by atoms with Crippen LogP contribution in [0.3, 0.4) is 0 Å². The van der Waals surface area contributed by atoms with Crippen LogP contribution in [-0.2, 0) is 10.0 Å². The molecule has 0 radical (unpaired) electrons. The first-order chi connectivity index (χ1) is 8.00. The Morgan fingerprint density at radius 3 is 2.44 bits per heavy atom. The van der Waals surface area contributed by atoms with Crippen LogP contribution in [0.5, 0.6) is 0 Å². The monoisotopic (exact) mass is 290 g/mol. The van der Waals surface area contributed by atoms with Crippen molar-refractivity contribution in [2.45, 2.75) is 30.7 Å². The molecule has 4 nitrogen and oxygen atoms in total. The smallest absolute Gasteiger partial charge is 0.243 e. The first-order valence-corrected chi connectivity index (χ1v) is 7.26. The highest BCUT2D eigenvalue weighted by atomic mass is 35.5. The number of nitrogens with two attached hydrogens (primary N) is 1. The van der Waals surface area contributed by atoms with Crippen molar-refractivity contribution in [2.24, 2.45) is 5.73 Å². The van der Waals surface area contributed by atoms with Gasteiger partial charge in [0.2, 0.25) is 10.0 Å². The van der Waals surface area contributed by atoms with Gasteiger partial charge in [0.15, 0.2) is 0 Å². The second-order valence-electron chi connectivity index (χ2n) is 4.56. The Hall–Kier alpha value is -0.620. The van der Waals surface area contributed by atoms with E-state index in [9.17, 15) is 8.42 Å². The van der Waals surface area contributed by atoms with Gasteiger partial charge >= 0.3 is 0 Å². The van der Waals surface area contributed by atoms with E-state index in [-0.39, 0.29) is 18.4 Å². The van der Waals surface area contributed by atoms with E-state index in [1.54, 1.807) is 18.2 Å². The summed E-state index contributed by atoms with van der Waals surface area (Å²) in [5, 5.41) is 0. The highest BCUT2D eigenvalue weighted by molar-refractivity contribution is 7.89. The topological polar surface area (TPSA) is 63.4 Å². The van der Waals surface area contributed by atoms with Gasteiger partial charge in [0.05, 0.1) is 4.90 Å². The van der Waals surface area contributed by atoms with Crippen molar-refractivity contribution >= 4 is 22.4 Å². The minimum absolute atomic E-state index is 0. The molecule has 18 heavy (non-hydrogen) atoms. The standard InChI is InChI=1S/C12H18N2O2S.ClH/c1-10-3-2-4-12(9-10)17(15,16)14-7-5-11(13)6-8-14;/h2-4,9,11H,5-8,13H2,1H3;1H. The van der Waals surface area contributed by atoms with Gasteiger partial charge in [0, 0.05) is 19.1 Å². The van der Waals surface area contributed by atoms with Gasteiger partial charge < -0.3 is 5.73 Å². The first-order valence-electron chi connectivity index (χ1n) is 5.82. The summed E-state index contributed by atoms with van der Waals surface area (Å²) >= 11 is 0. The van der Waals surface area contributed by atoms with Crippen molar-refractivity contribution in [3.63, 3.8) is 0 Å². The quantitative estimate of drug-likeness (QED) is 0.898. The second kappa shape index (κ2) is 6.02. The molecule has 1 fully saturated rings. The van der Waals surface area contributed by atoms with Crippen LogP contribution in [0.15, 0.2) is 29.2 Å². The summed E-state index contributed by atoms with van der Waals surface area (Å²) in [6.07, 6.45) is 1.48. The predicted molar refractivity (Wildman–Crippen MR) is 74.4 cm³/mol. The molecule has 0 atom stereocenters. The maximum atomic E-state index is 12.3. The molecule has 1 aliphatic rings. The molecule has 1 aromatic carbocycles. The van der Waals surface area contributed by atoms with Crippen LogP contribution in [0.1, 0.15) is 18.4 Å². The van der Waals surface area contributed by atoms with Gasteiger partial charge in [-0.3, -0.25) is 0 Å². The second-order valence-corrected chi connectivity index (χ2v) is 6.50. The molecule has 2 N–H and O–H groups in total. The van der Waals surface area contributed by atoms with E-state index in [0.717, 1.165) is 18.4 Å². The molecule has 0 unspecified atom stereocenters. The van der Waals surface area contributed by atoms with Gasteiger partial charge in [0.25, 0.3) is 0 Å². The van der Waals surface area contributed by atoms with Gasteiger partial charge in [-0.25, -0.2) is 8.42 Å². The number of nitrogens with zero attached hydrogens (tertiary/aromatic N) is 1. The Bertz CT molecular complexity index is 497. The lowest BCUT2D eigenvalue weighted by Crippen LogP contribution is -2.42. The van der Waals surface area contributed by atoms with Crippen LogP contribution in [-0.4, -0.2) is 31.9 Å². The molecular weight excluding hydrogens is 272 g/mol. The number of aryl methyl sites for hydroxylation is 1. The SMILES string of the molecule is Cc1cccc(S(=O)(=O)N2CCC(N)CC2)c1.Cl. The fraction of sp³-hybridized carbons (Fsp3) is 0.500. The van der Waals surface area contributed by atoms with Gasteiger partial charge in [-0.1, -0.05) is 12.1 Å². The highest BCUT2D eigenvalue weighted by Crippen LogP contribution is 2.20. The highest BCUT2D eigenvalue weighted by Gasteiger charge is 2.27. The van der Waals surface area contributed by atoms with Crippen molar-refractivity contribution in [2.75, 3.05) is 13.1 Å². The summed E-state index contributed by atoms with van der Waals surface area (Å²) in [6, 6.07) is 7.17.